The second-order valence-electron chi connectivity index (χ2n) is 15.4. The van der Waals surface area contributed by atoms with Crippen molar-refractivity contribution in [2.45, 2.75) is 124 Å². The first-order valence-corrected chi connectivity index (χ1v) is 19.8. The molecule has 2 aromatic carbocycles. The molecule has 0 spiro atoms. The first-order valence-electron chi connectivity index (χ1n) is 19.8. The van der Waals surface area contributed by atoms with Crippen LogP contribution in [0.1, 0.15) is 119 Å². The largest absolute Gasteiger partial charge is 0.444 e. The van der Waals surface area contributed by atoms with Gasteiger partial charge in [0.05, 0.1) is 30.4 Å². The van der Waals surface area contributed by atoms with Crippen LogP contribution in [0.15, 0.2) is 73.3 Å². The summed E-state index contributed by atoms with van der Waals surface area (Å²) in [5.74, 6) is 0.608. The van der Waals surface area contributed by atoms with Gasteiger partial charge < -0.3 is 24.5 Å². The molecule has 0 bridgehead atoms. The van der Waals surface area contributed by atoms with E-state index in [1.165, 1.54) is 61.6 Å². The van der Waals surface area contributed by atoms with Crippen LogP contribution in [0.25, 0.3) is 22.2 Å². The third-order valence-electron chi connectivity index (χ3n) is 9.69. The Bertz CT molecular complexity index is 1890. The lowest BCUT2D eigenvalue weighted by atomic mass is 10.0. The van der Waals surface area contributed by atoms with Gasteiger partial charge in [0.2, 0.25) is 0 Å². The number of amides is 1. The van der Waals surface area contributed by atoms with E-state index in [0.29, 0.717) is 32.1 Å². The zero-order chi connectivity index (χ0) is 38.3. The second kappa shape index (κ2) is 20.2. The maximum Gasteiger partial charge on any atom is 0.407 e. The smallest absolute Gasteiger partial charge is 0.407 e. The fourth-order valence-electron chi connectivity index (χ4n) is 6.67. The van der Waals surface area contributed by atoms with Gasteiger partial charge in [-0.05, 0) is 94.0 Å². The van der Waals surface area contributed by atoms with Crippen molar-refractivity contribution in [2.24, 2.45) is 0 Å². The lowest BCUT2D eigenvalue weighted by Crippen LogP contribution is -2.32. The summed E-state index contributed by atoms with van der Waals surface area (Å²) in [4.78, 5) is 20.7. The maximum absolute atomic E-state index is 11.7. The Kier molecular flexibility index (Phi) is 15.2. The molecular formula is C44H60N6O4. The number of aromatic nitrogens is 5. The van der Waals surface area contributed by atoms with Gasteiger partial charge in [-0.1, -0.05) is 81.2 Å². The van der Waals surface area contributed by atoms with Gasteiger partial charge in [-0.2, -0.15) is 5.10 Å². The predicted molar refractivity (Wildman–Crippen MR) is 215 cm³/mol. The molecule has 5 rings (SSSR count). The van der Waals surface area contributed by atoms with Crippen LogP contribution in [0.5, 0.6) is 0 Å². The number of nitrogens with zero attached hydrogens (tertiary/aromatic N) is 5. The first-order chi connectivity index (χ1) is 26.1. The molecule has 10 heteroatoms. The summed E-state index contributed by atoms with van der Waals surface area (Å²) in [6.07, 6.45) is 18.2. The number of fused-ring (bicyclic) bond motifs is 1. The van der Waals surface area contributed by atoms with E-state index in [1.807, 2.05) is 49.8 Å². The average molecular weight is 737 g/mol. The number of carbonyl (C=O) groups excluding carboxylic acids is 1. The van der Waals surface area contributed by atoms with Gasteiger partial charge in [-0.3, -0.25) is 9.67 Å². The van der Waals surface area contributed by atoms with E-state index in [1.54, 1.807) is 12.4 Å². The summed E-state index contributed by atoms with van der Waals surface area (Å²) in [6.45, 7) is 13.3. The molecule has 290 valence electrons. The average Bonchev–Trinajstić information content (AvgIpc) is 3.77. The number of rotatable bonds is 21. The van der Waals surface area contributed by atoms with Gasteiger partial charge in [0, 0.05) is 43.9 Å². The number of aliphatic hydroxyl groups is 1. The SMILES string of the molecule is Cc1ccc(C)c(Cn2c(C(O)c3ccncc3)nc3ccc(-c4cnn(CCOCCCCCCCCCCCCNC(=O)OC(C)(C)C)c4)cc32)c1. The summed E-state index contributed by atoms with van der Waals surface area (Å²) in [6, 6.07) is 16.4. The minimum atomic E-state index is -0.883. The van der Waals surface area contributed by atoms with Crippen LogP contribution in [0.4, 0.5) is 4.79 Å². The first kappa shape index (κ1) is 40.6. The molecule has 3 aromatic heterocycles. The van der Waals surface area contributed by atoms with Crippen LogP contribution < -0.4 is 5.32 Å². The number of ether oxygens (including phenoxy) is 2. The van der Waals surface area contributed by atoms with Crippen molar-refractivity contribution in [3.05, 3.63) is 101 Å². The highest BCUT2D eigenvalue weighted by Gasteiger charge is 2.21. The summed E-state index contributed by atoms with van der Waals surface area (Å²) in [5.41, 5.74) is 7.80. The highest BCUT2D eigenvalue weighted by molar-refractivity contribution is 5.83. The molecule has 0 saturated heterocycles. The molecule has 0 radical (unpaired) electrons. The number of carbonyl (C=O) groups is 1. The molecular weight excluding hydrogens is 677 g/mol. The van der Waals surface area contributed by atoms with Crippen LogP contribution in [0, 0.1) is 13.8 Å². The Morgan fingerprint density at radius 3 is 2.28 bits per heavy atom. The van der Waals surface area contributed by atoms with Crippen LogP contribution in [-0.2, 0) is 22.6 Å². The minimum Gasteiger partial charge on any atom is -0.444 e. The lowest BCUT2D eigenvalue weighted by molar-refractivity contribution is 0.0527. The minimum absolute atomic E-state index is 0.324. The third-order valence-corrected chi connectivity index (χ3v) is 9.69. The Balaban J connectivity index is 1.03. The molecule has 0 aliphatic heterocycles. The van der Waals surface area contributed by atoms with Crippen molar-refractivity contribution >= 4 is 17.1 Å². The summed E-state index contributed by atoms with van der Waals surface area (Å²) in [5, 5.41) is 18.9. The van der Waals surface area contributed by atoms with Crippen LogP contribution in [-0.4, -0.2) is 60.9 Å². The number of imidazole rings is 1. The Morgan fingerprint density at radius 1 is 0.852 bits per heavy atom. The fraction of sp³-hybridized carbons (Fsp3) is 0.500. The molecule has 0 saturated carbocycles. The van der Waals surface area contributed by atoms with Gasteiger partial charge >= 0.3 is 6.09 Å². The van der Waals surface area contributed by atoms with Crippen LogP contribution >= 0.6 is 0 Å². The molecule has 1 amide bonds. The molecule has 2 N–H and O–H groups in total. The molecule has 54 heavy (non-hydrogen) atoms. The van der Waals surface area contributed by atoms with E-state index < -0.39 is 11.7 Å². The number of pyridine rings is 1. The van der Waals surface area contributed by atoms with Gasteiger partial charge in [0.1, 0.15) is 17.5 Å². The van der Waals surface area contributed by atoms with E-state index in [-0.39, 0.29) is 6.09 Å². The molecule has 10 nitrogen and oxygen atoms in total. The quantitative estimate of drug-likeness (QED) is 0.0721. The van der Waals surface area contributed by atoms with Crippen molar-refractivity contribution in [3.63, 3.8) is 0 Å². The number of alkyl carbamates (subject to hydrolysis) is 1. The standard InChI is InChI=1S/C44H60N6O4/c1-33-16-17-34(2)37(28-33)32-50-40-29-36(18-19-39(40)48-42(50)41(51)35-20-23-45-24-21-35)38-30-47-49(31-38)25-27-53-26-15-13-11-9-7-6-8-10-12-14-22-46-43(52)54-44(3,4)5/h16-21,23-24,28-31,41,51H,6-15,22,25-27,32H2,1-5H3,(H,46,52). The highest BCUT2D eigenvalue weighted by Crippen LogP contribution is 2.30. The predicted octanol–water partition coefficient (Wildman–Crippen LogP) is 9.48. The molecule has 1 unspecified atom stereocenters. The highest BCUT2D eigenvalue weighted by atomic mass is 16.6. The summed E-state index contributed by atoms with van der Waals surface area (Å²) in [7, 11) is 0. The van der Waals surface area contributed by atoms with E-state index in [0.717, 1.165) is 53.6 Å². The Hall–Kier alpha value is -4.54. The summed E-state index contributed by atoms with van der Waals surface area (Å²) < 4.78 is 15.3. The number of benzene rings is 2. The van der Waals surface area contributed by atoms with Crippen molar-refractivity contribution in [1.82, 2.24) is 29.6 Å². The fourth-order valence-corrected chi connectivity index (χ4v) is 6.67. The van der Waals surface area contributed by atoms with Gasteiger partial charge in [-0.25, -0.2) is 9.78 Å². The van der Waals surface area contributed by atoms with Crippen LogP contribution in [0.3, 0.4) is 0 Å². The lowest BCUT2D eigenvalue weighted by Gasteiger charge is -2.19. The monoisotopic (exact) mass is 736 g/mol. The molecule has 0 fully saturated rings. The molecule has 1 atom stereocenters. The van der Waals surface area contributed by atoms with Gasteiger partial charge in [0.25, 0.3) is 0 Å². The van der Waals surface area contributed by atoms with Gasteiger partial charge in [-0.15, -0.1) is 0 Å². The number of aryl methyl sites for hydroxylation is 2. The zero-order valence-electron chi connectivity index (χ0n) is 33.0. The van der Waals surface area contributed by atoms with Crippen LogP contribution in [0.2, 0.25) is 0 Å². The van der Waals surface area contributed by atoms with Crippen molar-refractivity contribution in [2.75, 3.05) is 19.8 Å². The Morgan fingerprint density at radius 2 is 1.56 bits per heavy atom. The molecule has 0 aliphatic carbocycles. The van der Waals surface area contributed by atoms with E-state index in [2.05, 4.69) is 70.3 Å². The molecule has 0 aliphatic rings. The number of hydrogen-bond donors (Lipinski definition) is 2. The third kappa shape index (κ3) is 12.5. The summed E-state index contributed by atoms with van der Waals surface area (Å²) >= 11 is 0. The topological polar surface area (TPSA) is 116 Å². The number of hydrogen-bond acceptors (Lipinski definition) is 7. The van der Waals surface area contributed by atoms with E-state index in [9.17, 15) is 9.90 Å². The number of nitrogens with one attached hydrogen (secondary N) is 1. The number of unbranched alkanes of at least 4 members (excludes halogenated alkanes) is 9. The van der Waals surface area contributed by atoms with Crippen molar-refractivity contribution in [3.8, 4) is 11.1 Å². The maximum atomic E-state index is 11.7. The zero-order valence-corrected chi connectivity index (χ0v) is 33.0. The molecule has 3 heterocycles. The van der Waals surface area contributed by atoms with Gasteiger partial charge in [0.15, 0.2) is 0 Å². The molecule has 5 aromatic rings. The normalized spacial score (nSPS) is 12.3. The van der Waals surface area contributed by atoms with E-state index >= 15 is 0 Å². The van der Waals surface area contributed by atoms with Crippen molar-refractivity contribution < 1.29 is 19.4 Å². The number of aliphatic hydroxyl groups excluding tert-OH is 1. The Labute approximate surface area is 321 Å². The van der Waals surface area contributed by atoms with Crippen molar-refractivity contribution in [1.29, 1.82) is 0 Å². The second-order valence-corrected chi connectivity index (χ2v) is 15.4. The van der Waals surface area contributed by atoms with E-state index in [4.69, 9.17) is 14.5 Å².